The van der Waals surface area contributed by atoms with E-state index in [-0.39, 0.29) is 5.91 Å². The zero-order chi connectivity index (χ0) is 16.2. The van der Waals surface area contributed by atoms with E-state index in [0.29, 0.717) is 18.8 Å². The molecule has 3 aromatic rings. The molecule has 0 aliphatic heterocycles. The molecule has 2 heterocycles. The molecule has 120 valence electrons. The molecule has 0 radical (unpaired) electrons. The summed E-state index contributed by atoms with van der Waals surface area (Å²) in [6, 6.07) is 9.88. The maximum absolute atomic E-state index is 12.2. The van der Waals surface area contributed by atoms with Gasteiger partial charge < -0.3 is 5.32 Å². The minimum absolute atomic E-state index is 0.00485. The molecule has 0 spiro atoms. The first-order valence-corrected chi connectivity index (χ1v) is 8.59. The Bertz CT molecular complexity index is 773. The van der Waals surface area contributed by atoms with Crippen LogP contribution < -0.4 is 5.32 Å². The van der Waals surface area contributed by atoms with Crippen LogP contribution in [0.1, 0.15) is 25.3 Å². The van der Waals surface area contributed by atoms with Crippen LogP contribution in [0.5, 0.6) is 0 Å². The summed E-state index contributed by atoms with van der Waals surface area (Å²) < 4.78 is 3.00. The van der Waals surface area contributed by atoms with Gasteiger partial charge in [-0.1, -0.05) is 26.0 Å². The van der Waals surface area contributed by atoms with Gasteiger partial charge in [-0.05, 0) is 18.1 Å². The predicted octanol–water partition coefficient (Wildman–Crippen LogP) is 3.72. The Balaban J connectivity index is 1.58. The van der Waals surface area contributed by atoms with Crippen molar-refractivity contribution in [2.24, 2.45) is 5.92 Å². The Morgan fingerprint density at radius 3 is 2.91 bits per heavy atom. The van der Waals surface area contributed by atoms with Crippen LogP contribution in [-0.2, 0) is 17.8 Å². The number of para-hydroxylation sites is 1. The maximum Gasteiger partial charge on any atom is 0.225 e. The van der Waals surface area contributed by atoms with E-state index in [4.69, 9.17) is 0 Å². The summed E-state index contributed by atoms with van der Waals surface area (Å²) in [6.45, 7) is 5.04. The van der Waals surface area contributed by atoms with E-state index < -0.39 is 0 Å². The van der Waals surface area contributed by atoms with Gasteiger partial charge in [-0.2, -0.15) is 5.10 Å². The van der Waals surface area contributed by atoms with Crippen LogP contribution in [0.4, 0.5) is 5.82 Å². The number of hydrogen-bond acceptors (Lipinski definition) is 4. The van der Waals surface area contributed by atoms with Crippen LogP contribution in [0, 0.1) is 5.92 Å². The van der Waals surface area contributed by atoms with Gasteiger partial charge in [-0.15, -0.1) is 11.3 Å². The minimum Gasteiger partial charge on any atom is -0.311 e. The zero-order valence-electron chi connectivity index (χ0n) is 13.3. The van der Waals surface area contributed by atoms with E-state index in [2.05, 4.69) is 35.3 Å². The second-order valence-electron chi connectivity index (χ2n) is 5.92. The number of anilines is 1. The Hall–Kier alpha value is -2.21. The van der Waals surface area contributed by atoms with E-state index >= 15 is 0 Å². The monoisotopic (exact) mass is 328 g/mol. The number of aromatic nitrogens is 3. The van der Waals surface area contributed by atoms with Crippen LogP contribution in [0.2, 0.25) is 0 Å². The summed E-state index contributed by atoms with van der Waals surface area (Å²) in [7, 11) is 0. The number of nitrogens with zero attached hydrogens (tertiary/aromatic N) is 3. The van der Waals surface area contributed by atoms with E-state index in [9.17, 15) is 4.79 Å². The van der Waals surface area contributed by atoms with Crippen molar-refractivity contribution >= 4 is 33.3 Å². The third kappa shape index (κ3) is 3.96. The molecule has 0 atom stereocenters. The molecule has 6 heteroatoms. The van der Waals surface area contributed by atoms with Gasteiger partial charge in [-0.3, -0.25) is 4.79 Å². The van der Waals surface area contributed by atoms with E-state index in [1.165, 1.54) is 0 Å². The molecule has 0 aliphatic carbocycles. The highest BCUT2D eigenvalue weighted by atomic mass is 32.1. The highest BCUT2D eigenvalue weighted by Gasteiger charge is 2.10. The van der Waals surface area contributed by atoms with Gasteiger partial charge >= 0.3 is 0 Å². The fraction of sp³-hybridized carbons (Fsp3) is 0.353. The lowest BCUT2D eigenvalue weighted by Crippen LogP contribution is -2.17. The predicted molar refractivity (Wildman–Crippen MR) is 93.6 cm³/mol. The number of fused-ring (bicyclic) bond motifs is 1. The highest BCUT2D eigenvalue weighted by Crippen LogP contribution is 2.22. The van der Waals surface area contributed by atoms with Crippen molar-refractivity contribution in [2.75, 3.05) is 5.32 Å². The van der Waals surface area contributed by atoms with Crippen molar-refractivity contribution in [1.82, 2.24) is 14.8 Å². The number of hydrogen-bond donors (Lipinski definition) is 1. The first kappa shape index (κ1) is 15.7. The lowest BCUT2D eigenvalue weighted by molar-refractivity contribution is -0.116. The molecule has 0 aliphatic rings. The van der Waals surface area contributed by atoms with Crippen molar-refractivity contribution in [2.45, 2.75) is 33.2 Å². The normalized spacial score (nSPS) is 11.3. The van der Waals surface area contributed by atoms with Gasteiger partial charge in [0.15, 0.2) is 0 Å². The molecule has 5 nitrogen and oxygen atoms in total. The quantitative estimate of drug-likeness (QED) is 0.750. The first-order chi connectivity index (χ1) is 11.1. The summed E-state index contributed by atoms with van der Waals surface area (Å²) >= 11 is 1.65. The molecule has 0 fully saturated rings. The molecule has 0 saturated heterocycles. The van der Waals surface area contributed by atoms with Crippen LogP contribution in [0.25, 0.3) is 10.2 Å². The SMILES string of the molecule is CC(C)Cn1nccc1NC(=O)CCc1nc2ccccc2s1. The third-order valence-corrected chi connectivity index (χ3v) is 4.52. The average Bonchev–Trinajstić information content (AvgIpc) is 3.11. The number of benzene rings is 1. The van der Waals surface area contributed by atoms with Crippen molar-refractivity contribution < 1.29 is 4.79 Å². The standard InChI is InChI=1S/C17H20N4OS/c1-12(2)11-21-15(9-10-18-21)20-16(22)7-8-17-19-13-5-3-4-6-14(13)23-17/h3-6,9-10,12H,7-8,11H2,1-2H3,(H,20,22). The summed E-state index contributed by atoms with van der Waals surface area (Å²) in [5.74, 6) is 1.23. The number of rotatable bonds is 6. The number of nitrogens with one attached hydrogen (secondary N) is 1. The molecule has 1 aromatic carbocycles. The zero-order valence-corrected chi connectivity index (χ0v) is 14.1. The van der Waals surface area contributed by atoms with Crippen LogP contribution in [-0.4, -0.2) is 20.7 Å². The largest absolute Gasteiger partial charge is 0.311 e. The van der Waals surface area contributed by atoms with E-state index in [0.717, 1.165) is 27.6 Å². The van der Waals surface area contributed by atoms with Gasteiger partial charge in [0, 0.05) is 25.5 Å². The third-order valence-electron chi connectivity index (χ3n) is 3.43. The number of carbonyl (C=O) groups is 1. The smallest absolute Gasteiger partial charge is 0.225 e. The van der Waals surface area contributed by atoms with E-state index in [1.807, 2.05) is 28.9 Å². The number of amides is 1. The maximum atomic E-state index is 12.2. The molecule has 1 N–H and O–H groups in total. The molecule has 0 saturated carbocycles. The summed E-state index contributed by atoms with van der Waals surface area (Å²) in [5, 5.41) is 8.18. The number of thiazole rings is 1. The molecule has 0 unspecified atom stereocenters. The highest BCUT2D eigenvalue weighted by molar-refractivity contribution is 7.18. The van der Waals surface area contributed by atoms with Crippen LogP contribution >= 0.6 is 11.3 Å². The molecule has 0 bridgehead atoms. The minimum atomic E-state index is -0.00485. The second kappa shape index (κ2) is 6.91. The molecule has 1 amide bonds. The van der Waals surface area contributed by atoms with Gasteiger partial charge in [0.05, 0.1) is 21.4 Å². The Labute approximate surface area is 139 Å². The van der Waals surface area contributed by atoms with Crippen molar-refractivity contribution in [1.29, 1.82) is 0 Å². The van der Waals surface area contributed by atoms with Crippen molar-refractivity contribution in [3.8, 4) is 0 Å². The number of carbonyl (C=O) groups excluding carboxylic acids is 1. The molecular formula is C17H20N4OS. The average molecular weight is 328 g/mol. The Morgan fingerprint density at radius 1 is 1.30 bits per heavy atom. The molecule has 3 rings (SSSR count). The lowest BCUT2D eigenvalue weighted by atomic mass is 10.2. The topological polar surface area (TPSA) is 59.8 Å². The fourth-order valence-electron chi connectivity index (χ4n) is 2.38. The van der Waals surface area contributed by atoms with E-state index in [1.54, 1.807) is 17.5 Å². The molecular weight excluding hydrogens is 308 g/mol. The Morgan fingerprint density at radius 2 is 2.13 bits per heavy atom. The summed E-state index contributed by atoms with van der Waals surface area (Å²) in [4.78, 5) is 16.7. The van der Waals surface area contributed by atoms with Gasteiger partial charge in [0.2, 0.25) is 5.91 Å². The first-order valence-electron chi connectivity index (χ1n) is 7.78. The fourth-order valence-corrected chi connectivity index (χ4v) is 3.35. The van der Waals surface area contributed by atoms with Crippen molar-refractivity contribution in [3.63, 3.8) is 0 Å². The Kier molecular flexibility index (Phi) is 4.71. The molecule has 23 heavy (non-hydrogen) atoms. The van der Waals surface area contributed by atoms with Crippen LogP contribution in [0.3, 0.4) is 0 Å². The van der Waals surface area contributed by atoms with Gasteiger partial charge in [0.1, 0.15) is 5.82 Å². The summed E-state index contributed by atoms with van der Waals surface area (Å²) in [5.41, 5.74) is 1.00. The molecule has 2 aromatic heterocycles. The van der Waals surface area contributed by atoms with Crippen molar-refractivity contribution in [3.05, 3.63) is 41.5 Å². The second-order valence-corrected chi connectivity index (χ2v) is 7.03. The summed E-state index contributed by atoms with van der Waals surface area (Å²) in [6.07, 6.45) is 2.79. The van der Waals surface area contributed by atoms with Gasteiger partial charge in [0.25, 0.3) is 0 Å². The van der Waals surface area contributed by atoms with Gasteiger partial charge in [-0.25, -0.2) is 9.67 Å². The lowest BCUT2D eigenvalue weighted by Gasteiger charge is -2.10. The number of aryl methyl sites for hydroxylation is 1. The van der Waals surface area contributed by atoms with Crippen LogP contribution in [0.15, 0.2) is 36.5 Å².